The topological polar surface area (TPSA) is 0 Å². The highest BCUT2D eigenvalue weighted by Gasteiger charge is 2.20. The van der Waals surface area contributed by atoms with Crippen LogP contribution in [0.3, 0.4) is 0 Å². The molecule has 0 amide bonds. The molecule has 2 fully saturated rings. The lowest BCUT2D eigenvalue weighted by atomic mass is 9.80. The third-order valence-corrected chi connectivity index (χ3v) is 7.20. The molecule has 0 nitrogen and oxygen atoms in total. The normalized spacial score (nSPS) is 27.1. The molecule has 2 aliphatic rings. The van der Waals surface area contributed by atoms with Crippen molar-refractivity contribution in [2.24, 2.45) is 23.7 Å². The summed E-state index contributed by atoms with van der Waals surface area (Å²) in [4.78, 5) is 0. The number of unbranched alkanes of at least 4 members (excludes halogenated alkanes) is 5. The Hall–Kier alpha value is -1.14. The van der Waals surface area contributed by atoms with Crippen molar-refractivity contribution < 1.29 is 0 Å². The molecule has 0 unspecified atom stereocenters. The van der Waals surface area contributed by atoms with Gasteiger partial charge in [-0.25, -0.2) is 0 Å². The Kier molecular flexibility index (Phi) is 13.0. The van der Waals surface area contributed by atoms with Crippen molar-refractivity contribution in [1.29, 1.82) is 0 Å². The molecule has 0 heterocycles. The lowest BCUT2D eigenvalue weighted by Gasteiger charge is -2.25. The first-order valence-electron chi connectivity index (χ1n) is 13.0. The fraction of sp³-hybridized carbons (Fsp3) is 0.793. The minimum absolute atomic E-state index is 0.627. The Labute approximate surface area is 182 Å². The van der Waals surface area contributed by atoms with E-state index >= 15 is 0 Å². The highest BCUT2D eigenvalue weighted by atomic mass is 14.2. The Bertz CT molecular complexity index is 544. The predicted octanol–water partition coefficient (Wildman–Crippen LogP) is 8.71. The summed E-state index contributed by atoms with van der Waals surface area (Å²) in [6, 6.07) is 0. The maximum Gasteiger partial charge on any atom is 0.0206 e. The summed E-state index contributed by atoms with van der Waals surface area (Å²) in [6.45, 7) is 4.60. The molecule has 2 aliphatic carbocycles. The van der Waals surface area contributed by atoms with Crippen LogP contribution in [0, 0.1) is 47.4 Å². The first-order valence-corrected chi connectivity index (χ1v) is 13.0. The average Bonchev–Trinajstić information content (AvgIpc) is 2.76. The predicted molar refractivity (Wildman–Crippen MR) is 128 cm³/mol. The van der Waals surface area contributed by atoms with Crippen LogP contribution in [-0.2, 0) is 0 Å². The lowest BCUT2D eigenvalue weighted by molar-refractivity contribution is 0.294. The molecule has 0 aromatic heterocycles. The number of hydrogen-bond acceptors (Lipinski definition) is 0. The van der Waals surface area contributed by atoms with Crippen LogP contribution in [0.2, 0.25) is 0 Å². The third-order valence-electron chi connectivity index (χ3n) is 7.20. The summed E-state index contributed by atoms with van der Waals surface area (Å²) < 4.78 is 0. The smallest absolute Gasteiger partial charge is 0.0206 e. The van der Waals surface area contributed by atoms with Crippen molar-refractivity contribution in [3.63, 3.8) is 0 Å². The van der Waals surface area contributed by atoms with E-state index in [9.17, 15) is 0 Å². The van der Waals surface area contributed by atoms with Crippen molar-refractivity contribution in [2.45, 2.75) is 123 Å². The second-order valence-corrected chi connectivity index (χ2v) is 9.69. The second kappa shape index (κ2) is 15.7. The van der Waals surface area contributed by atoms with Gasteiger partial charge in [-0.3, -0.25) is 0 Å². The molecule has 2 rings (SSSR count). The maximum absolute atomic E-state index is 3.49. The van der Waals surface area contributed by atoms with E-state index in [0.29, 0.717) is 11.8 Å². The van der Waals surface area contributed by atoms with Gasteiger partial charge in [-0.15, -0.1) is 0 Å². The van der Waals surface area contributed by atoms with E-state index < -0.39 is 0 Å². The highest BCUT2D eigenvalue weighted by molar-refractivity contribution is 5.26. The summed E-state index contributed by atoms with van der Waals surface area (Å²) in [5.41, 5.74) is 0. The van der Waals surface area contributed by atoms with Gasteiger partial charge in [0.05, 0.1) is 0 Å². The minimum Gasteiger partial charge on any atom is -0.0951 e. The monoisotopic (exact) mass is 394 g/mol. The Morgan fingerprint density at radius 1 is 0.552 bits per heavy atom. The van der Waals surface area contributed by atoms with Crippen molar-refractivity contribution >= 4 is 0 Å². The SMILES string of the molecule is CCCCCCCC1CCC(C#C/C=C/C#CC2CCC(CCCC)CC2)CC1. The molecule has 0 saturated heterocycles. The second-order valence-electron chi connectivity index (χ2n) is 9.69. The molecule has 0 aromatic rings. The zero-order chi connectivity index (χ0) is 20.6. The minimum atomic E-state index is 0.627. The average molecular weight is 395 g/mol. The van der Waals surface area contributed by atoms with Crippen LogP contribution < -0.4 is 0 Å². The highest BCUT2D eigenvalue weighted by Crippen LogP contribution is 2.32. The molecule has 0 heteroatoms. The first-order chi connectivity index (χ1) is 14.3. The number of rotatable bonds is 9. The fourth-order valence-electron chi connectivity index (χ4n) is 5.14. The van der Waals surface area contributed by atoms with E-state index in [2.05, 4.69) is 37.5 Å². The Morgan fingerprint density at radius 3 is 1.48 bits per heavy atom. The number of hydrogen-bond donors (Lipinski definition) is 0. The van der Waals surface area contributed by atoms with Crippen LogP contribution in [-0.4, -0.2) is 0 Å². The zero-order valence-electron chi connectivity index (χ0n) is 19.5. The third kappa shape index (κ3) is 11.0. The molecular formula is C29H46. The van der Waals surface area contributed by atoms with Gasteiger partial charge in [0.2, 0.25) is 0 Å². The van der Waals surface area contributed by atoms with Crippen LogP contribution in [0.15, 0.2) is 12.2 Å². The summed E-state index contributed by atoms with van der Waals surface area (Å²) in [5, 5.41) is 0. The van der Waals surface area contributed by atoms with Crippen molar-refractivity contribution in [2.75, 3.05) is 0 Å². The summed E-state index contributed by atoms with van der Waals surface area (Å²) in [7, 11) is 0. The van der Waals surface area contributed by atoms with Crippen molar-refractivity contribution in [3.8, 4) is 23.7 Å². The standard InChI is InChI=1S/C29H46/c1-3-5-7-8-11-15-27-22-24-29(25-23-27)17-13-10-9-12-16-28-20-18-26(19-21-28)14-6-4-2/h9-10,26-29H,3-8,11,14-15,18-25H2,1-2H3/b10-9+. The van der Waals surface area contributed by atoms with Gasteiger partial charge in [0, 0.05) is 11.8 Å². The van der Waals surface area contributed by atoms with Gasteiger partial charge in [0.25, 0.3) is 0 Å². The maximum atomic E-state index is 3.49. The van der Waals surface area contributed by atoms with Crippen LogP contribution >= 0.6 is 0 Å². The molecule has 0 radical (unpaired) electrons. The van der Waals surface area contributed by atoms with Crippen molar-refractivity contribution in [1.82, 2.24) is 0 Å². The quantitative estimate of drug-likeness (QED) is 0.271. The van der Waals surface area contributed by atoms with E-state index in [1.165, 1.54) is 109 Å². The van der Waals surface area contributed by atoms with Crippen LogP contribution in [0.25, 0.3) is 0 Å². The van der Waals surface area contributed by atoms with Gasteiger partial charge in [-0.1, -0.05) is 95.3 Å². The van der Waals surface area contributed by atoms with Gasteiger partial charge in [0.15, 0.2) is 0 Å². The van der Waals surface area contributed by atoms with Crippen LogP contribution in [0.5, 0.6) is 0 Å². The molecule has 29 heavy (non-hydrogen) atoms. The fourth-order valence-corrected chi connectivity index (χ4v) is 5.14. The molecule has 2 saturated carbocycles. The van der Waals surface area contributed by atoms with Crippen LogP contribution in [0.1, 0.15) is 123 Å². The van der Waals surface area contributed by atoms with E-state index in [-0.39, 0.29) is 0 Å². The Morgan fingerprint density at radius 2 is 1.00 bits per heavy atom. The van der Waals surface area contributed by atoms with Gasteiger partial charge in [-0.05, 0) is 75.4 Å². The molecular weight excluding hydrogens is 348 g/mol. The molecule has 0 atom stereocenters. The molecule has 0 aromatic carbocycles. The molecule has 0 aliphatic heterocycles. The molecule has 0 N–H and O–H groups in total. The van der Waals surface area contributed by atoms with Gasteiger partial charge >= 0.3 is 0 Å². The number of allylic oxidation sites excluding steroid dienone is 2. The van der Waals surface area contributed by atoms with E-state index in [4.69, 9.17) is 0 Å². The largest absolute Gasteiger partial charge is 0.0951 e. The van der Waals surface area contributed by atoms with Crippen LogP contribution in [0.4, 0.5) is 0 Å². The summed E-state index contributed by atoms with van der Waals surface area (Å²) in [6.07, 6.45) is 27.5. The summed E-state index contributed by atoms with van der Waals surface area (Å²) in [5.74, 6) is 16.7. The summed E-state index contributed by atoms with van der Waals surface area (Å²) >= 11 is 0. The lowest BCUT2D eigenvalue weighted by Crippen LogP contribution is -2.13. The molecule has 0 spiro atoms. The van der Waals surface area contributed by atoms with E-state index in [1.54, 1.807) is 0 Å². The molecule has 0 bridgehead atoms. The van der Waals surface area contributed by atoms with Gasteiger partial charge in [-0.2, -0.15) is 0 Å². The first kappa shape index (κ1) is 24.1. The van der Waals surface area contributed by atoms with E-state index in [1.807, 2.05) is 12.2 Å². The van der Waals surface area contributed by atoms with Crippen molar-refractivity contribution in [3.05, 3.63) is 12.2 Å². The van der Waals surface area contributed by atoms with Gasteiger partial charge in [0.1, 0.15) is 0 Å². The van der Waals surface area contributed by atoms with E-state index in [0.717, 1.165) is 11.8 Å². The zero-order valence-corrected chi connectivity index (χ0v) is 19.5. The van der Waals surface area contributed by atoms with Gasteiger partial charge < -0.3 is 0 Å². The molecule has 162 valence electrons. The Balaban J connectivity index is 1.55.